The molecule has 0 radical (unpaired) electrons. The van der Waals surface area contributed by atoms with E-state index in [1.807, 2.05) is 55.5 Å². The average Bonchev–Trinajstić information content (AvgIpc) is 3.19. The number of ether oxygens (including phenoxy) is 1. The number of carbonyl (C=O) groups excluding carboxylic acids is 2. The van der Waals surface area contributed by atoms with Gasteiger partial charge in [-0.25, -0.2) is 0 Å². The molecule has 0 aromatic heterocycles. The van der Waals surface area contributed by atoms with Gasteiger partial charge >= 0.3 is 0 Å². The summed E-state index contributed by atoms with van der Waals surface area (Å²) in [6.07, 6.45) is 0. The van der Waals surface area contributed by atoms with Gasteiger partial charge in [-0.3, -0.25) is 14.5 Å². The molecule has 1 fully saturated rings. The number of aryl methyl sites for hydroxylation is 1. The Morgan fingerprint density at radius 1 is 0.974 bits per heavy atom. The SMILES string of the molecule is CCN(CC)c1ccc(C2/C(=C(/O)c3ccc(OC)cc3C)C(=O)C(=O)N2c2ccc(C(C)C)cc2)cc1. The maximum Gasteiger partial charge on any atom is 0.300 e. The molecule has 1 heterocycles. The van der Waals surface area contributed by atoms with Gasteiger partial charge in [-0.15, -0.1) is 0 Å². The van der Waals surface area contributed by atoms with Crippen LogP contribution in [0.4, 0.5) is 11.4 Å². The number of hydrogen-bond donors (Lipinski definition) is 1. The number of amides is 1. The lowest BCUT2D eigenvalue weighted by molar-refractivity contribution is -0.132. The first kappa shape index (κ1) is 27.0. The molecule has 0 aliphatic carbocycles. The van der Waals surface area contributed by atoms with Crippen molar-refractivity contribution in [3.8, 4) is 5.75 Å². The van der Waals surface area contributed by atoms with Crippen LogP contribution in [0.2, 0.25) is 0 Å². The number of Topliss-reactive ketones (excluding diaryl/α,β-unsaturated/α-hetero) is 1. The number of anilines is 2. The van der Waals surface area contributed by atoms with Crippen LogP contribution in [-0.2, 0) is 9.59 Å². The molecule has 3 aromatic rings. The monoisotopic (exact) mass is 512 g/mol. The highest BCUT2D eigenvalue weighted by Gasteiger charge is 2.47. The van der Waals surface area contributed by atoms with Crippen molar-refractivity contribution in [2.75, 3.05) is 30.0 Å². The Morgan fingerprint density at radius 3 is 2.13 bits per heavy atom. The van der Waals surface area contributed by atoms with Crippen LogP contribution in [0.1, 0.15) is 61.9 Å². The van der Waals surface area contributed by atoms with E-state index in [2.05, 4.69) is 32.6 Å². The number of methoxy groups -OCH3 is 1. The van der Waals surface area contributed by atoms with Gasteiger partial charge in [-0.2, -0.15) is 0 Å². The van der Waals surface area contributed by atoms with Crippen molar-refractivity contribution in [3.05, 3.63) is 94.6 Å². The number of aliphatic hydroxyl groups is 1. The number of benzene rings is 3. The zero-order chi connectivity index (χ0) is 27.6. The van der Waals surface area contributed by atoms with Gasteiger partial charge in [0.05, 0.1) is 18.7 Å². The molecule has 0 spiro atoms. The minimum Gasteiger partial charge on any atom is -0.507 e. The first-order valence-electron chi connectivity index (χ1n) is 13.1. The van der Waals surface area contributed by atoms with Crippen molar-refractivity contribution in [1.29, 1.82) is 0 Å². The Labute approximate surface area is 225 Å². The Kier molecular flexibility index (Phi) is 7.91. The summed E-state index contributed by atoms with van der Waals surface area (Å²) in [6.45, 7) is 12.0. The van der Waals surface area contributed by atoms with Gasteiger partial charge in [0, 0.05) is 30.0 Å². The van der Waals surface area contributed by atoms with Gasteiger partial charge in [0.2, 0.25) is 0 Å². The average molecular weight is 513 g/mol. The van der Waals surface area contributed by atoms with Crippen molar-refractivity contribution in [2.45, 2.75) is 46.6 Å². The van der Waals surface area contributed by atoms with Crippen LogP contribution >= 0.6 is 0 Å². The van der Waals surface area contributed by atoms with Crippen LogP contribution < -0.4 is 14.5 Å². The van der Waals surface area contributed by atoms with Crippen LogP contribution in [0.5, 0.6) is 5.75 Å². The molecule has 1 aliphatic heterocycles. The highest BCUT2D eigenvalue weighted by Crippen LogP contribution is 2.43. The molecule has 0 bridgehead atoms. The largest absolute Gasteiger partial charge is 0.507 e. The standard InChI is InChI=1S/C32H36N2O4/c1-7-33(8-2)24-13-11-23(12-14-24)29-28(30(35)27-18-17-26(38-6)19-21(27)5)31(36)32(37)34(29)25-15-9-22(10-16-25)20(3)4/h9-20,29,35H,7-8H2,1-6H3/b30-28-. The van der Waals surface area contributed by atoms with E-state index in [1.165, 1.54) is 4.90 Å². The van der Waals surface area contributed by atoms with E-state index in [-0.39, 0.29) is 11.3 Å². The first-order valence-corrected chi connectivity index (χ1v) is 13.1. The molecule has 0 saturated carbocycles. The van der Waals surface area contributed by atoms with E-state index < -0.39 is 17.7 Å². The molecular weight excluding hydrogens is 476 g/mol. The van der Waals surface area contributed by atoms with Gasteiger partial charge in [0.25, 0.3) is 11.7 Å². The lowest BCUT2D eigenvalue weighted by atomic mass is 9.93. The van der Waals surface area contributed by atoms with Crippen molar-refractivity contribution < 1.29 is 19.4 Å². The van der Waals surface area contributed by atoms with Crippen molar-refractivity contribution in [1.82, 2.24) is 0 Å². The molecule has 1 atom stereocenters. The van der Waals surface area contributed by atoms with Crippen molar-refractivity contribution >= 4 is 28.8 Å². The van der Waals surface area contributed by atoms with E-state index in [9.17, 15) is 14.7 Å². The Balaban J connectivity index is 1.90. The molecule has 6 heteroatoms. The maximum atomic E-state index is 13.5. The number of carbonyl (C=O) groups is 2. The van der Waals surface area contributed by atoms with Crippen LogP contribution in [0.3, 0.4) is 0 Å². The topological polar surface area (TPSA) is 70.1 Å². The normalized spacial score (nSPS) is 16.8. The van der Waals surface area contributed by atoms with E-state index in [0.717, 1.165) is 35.5 Å². The second-order valence-electron chi connectivity index (χ2n) is 9.86. The molecule has 3 aromatic carbocycles. The fraction of sp³-hybridized carbons (Fsp3) is 0.312. The molecular formula is C32H36N2O4. The van der Waals surface area contributed by atoms with Gasteiger partial charge in [0.15, 0.2) is 0 Å². The second kappa shape index (κ2) is 11.1. The second-order valence-corrected chi connectivity index (χ2v) is 9.86. The highest BCUT2D eigenvalue weighted by molar-refractivity contribution is 6.51. The van der Waals surface area contributed by atoms with E-state index in [4.69, 9.17) is 4.74 Å². The summed E-state index contributed by atoms with van der Waals surface area (Å²) in [5.41, 5.74) is 4.86. The summed E-state index contributed by atoms with van der Waals surface area (Å²) in [7, 11) is 1.58. The lowest BCUT2D eigenvalue weighted by Crippen LogP contribution is -2.29. The van der Waals surface area contributed by atoms with Crippen LogP contribution in [0.25, 0.3) is 5.76 Å². The van der Waals surface area contributed by atoms with Crippen LogP contribution in [-0.4, -0.2) is 37.0 Å². The summed E-state index contributed by atoms with van der Waals surface area (Å²) in [5.74, 6) is -0.576. The molecule has 38 heavy (non-hydrogen) atoms. The zero-order valence-electron chi connectivity index (χ0n) is 23.0. The molecule has 1 N–H and O–H groups in total. The number of rotatable bonds is 8. The summed E-state index contributed by atoms with van der Waals surface area (Å²) >= 11 is 0. The summed E-state index contributed by atoms with van der Waals surface area (Å²) in [5, 5.41) is 11.5. The summed E-state index contributed by atoms with van der Waals surface area (Å²) < 4.78 is 5.30. The van der Waals surface area contributed by atoms with E-state index >= 15 is 0 Å². The van der Waals surface area contributed by atoms with Crippen molar-refractivity contribution in [2.24, 2.45) is 0 Å². The number of nitrogens with zero attached hydrogens (tertiary/aromatic N) is 2. The predicted molar refractivity (Wildman–Crippen MR) is 153 cm³/mol. The fourth-order valence-corrected chi connectivity index (χ4v) is 5.06. The number of ketones is 1. The maximum absolute atomic E-state index is 13.5. The van der Waals surface area contributed by atoms with E-state index in [0.29, 0.717) is 22.9 Å². The third-order valence-electron chi connectivity index (χ3n) is 7.31. The Hall–Kier alpha value is -4.06. The lowest BCUT2D eigenvalue weighted by Gasteiger charge is -2.27. The van der Waals surface area contributed by atoms with Crippen LogP contribution in [0, 0.1) is 6.92 Å². The molecule has 198 valence electrons. The molecule has 1 aliphatic rings. The molecule has 6 nitrogen and oxygen atoms in total. The minimum absolute atomic E-state index is 0.0757. The van der Waals surface area contributed by atoms with Crippen molar-refractivity contribution in [3.63, 3.8) is 0 Å². The quantitative estimate of drug-likeness (QED) is 0.209. The number of hydrogen-bond acceptors (Lipinski definition) is 5. The summed E-state index contributed by atoms with van der Waals surface area (Å²) in [4.78, 5) is 30.8. The van der Waals surface area contributed by atoms with Gasteiger partial charge < -0.3 is 14.7 Å². The van der Waals surface area contributed by atoms with Gasteiger partial charge in [-0.05, 0) is 85.8 Å². The summed E-state index contributed by atoms with van der Waals surface area (Å²) in [6, 6.07) is 20.1. The predicted octanol–water partition coefficient (Wildman–Crippen LogP) is 6.60. The van der Waals surface area contributed by atoms with Gasteiger partial charge in [0.1, 0.15) is 11.5 Å². The minimum atomic E-state index is -0.771. The Bertz CT molecular complexity index is 1350. The highest BCUT2D eigenvalue weighted by atomic mass is 16.5. The Morgan fingerprint density at radius 2 is 1.61 bits per heavy atom. The number of aliphatic hydroxyl groups excluding tert-OH is 1. The molecule has 1 amide bonds. The molecule has 1 unspecified atom stereocenters. The zero-order valence-corrected chi connectivity index (χ0v) is 23.0. The van der Waals surface area contributed by atoms with Gasteiger partial charge in [-0.1, -0.05) is 38.1 Å². The molecule has 1 saturated heterocycles. The smallest absolute Gasteiger partial charge is 0.300 e. The molecule has 4 rings (SSSR count). The third kappa shape index (κ3) is 4.91. The van der Waals surface area contributed by atoms with Crippen LogP contribution in [0.15, 0.2) is 72.3 Å². The first-order chi connectivity index (χ1) is 18.2. The third-order valence-corrected chi connectivity index (χ3v) is 7.31. The van der Waals surface area contributed by atoms with E-state index in [1.54, 1.807) is 25.3 Å². The fourth-order valence-electron chi connectivity index (χ4n) is 5.06.